The smallest absolute Gasteiger partial charge is 0.226 e. The van der Waals surface area contributed by atoms with Gasteiger partial charge in [0.1, 0.15) is 0 Å². The minimum atomic E-state index is 0.300. The van der Waals surface area contributed by atoms with Crippen LogP contribution in [0.1, 0.15) is 51.7 Å². The van der Waals surface area contributed by atoms with E-state index >= 15 is 0 Å². The molecular weight excluding hydrogens is 242 g/mol. The van der Waals surface area contributed by atoms with E-state index in [9.17, 15) is 0 Å². The van der Waals surface area contributed by atoms with Gasteiger partial charge in [-0.1, -0.05) is 19.0 Å². The average Bonchev–Trinajstić information content (AvgIpc) is 2.85. The van der Waals surface area contributed by atoms with Gasteiger partial charge >= 0.3 is 0 Å². The Labute approximate surface area is 115 Å². The summed E-state index contributed by atoms with van der Waals surface area (Å²) in [6.07, 6.45) is 1.61. The maximum Gasteiger partial charge on any atom is 0.226 e. The normalized spacial score (nSPS) is 12.2. The minimum absolute atomic E-state index is 0.300. The van der Waals surface area contributed by atoms with Crippen LogP contribution in [-0.2, 0) is 6.42 Å². The summed E-state index contributed by atoms with van der Waals surface area (Å²) in [4.78, 5) is 10.7. The molecule has 6 nitrogen and oxygen atoms in total. The molecule has 0 aliphatic rings. The summed E-state index contributed by atoms with van der Waals surface area (Å²) in [6.45, 7) is 10.7. The molecule has 2 N–H and O–H groups in total. The number of nitrogens with zero attached hydrogens (tertiary/aromatic N) is 4. The quantitative estimate of drug-likeness (QED) is 0.463. The summed E-state index contributed by atoms with van der Waals surface area (Å²) < 4.78 is 5.17. The molecule has 0 saturated heterocycles. The molecule has 6 heteroatoms. The molecule has 0 radical (unpaired) electrons. The van der Waals surface area contributed by atoms with E-state index in [0.29, 0.717) is 24.3 Å². The van der Waals surface area contributed by atoms with E-state index < -0.39 is 0 Å². The van der Waals surface area contributed by atoms with E-state index in [1.807, 2.05) is 18.7 Å². The number of hydrogen-bond acceptors (Lipinski definition) is 4. The van der Waals surface area contributed by atoms with Crippen molar-refractivity contribution in [3.63, 3.8) is 0 Å². The van der Waals surface area contributed by atoms with Crippen LogP contribution in [0.2, 0.25) is 0 Å². The summed E-state index contributed by atoms with van der Waals surface area (Å²) >= 11 is 0. The number of hydrogen-bond donors (Lipinski definition) is 1. The number of aromatic nitrogens is 2. The molecule has 108 valence electrons. The molecule has 0 saturated carbocycles. The van der Waals surface area contributed by atoms with E-state index in [-0.39, 0.29) is 0 Å². The van der Waals surface area contributed by atoms with Crippen LogP contribution in [0.25, 0.3) is 0 Å². The Balaban J connectivity index is 2.35. The Morgan fingerprint density at radius 1 is 1.37 bits per heavy atom. The highest BCUT2D eigenvalue weighted by Gasteiger charge is 2.09. The molecule has 0 unspecified atom stereocenters. The largest absolute Gasteiger partial charge is 0.370 e. The van der Waals surface area contributed by atoms with E-state index in [1.54, 1.807) is 0 Å². The maximum atomic E-state index is 5.89. The standard InChI is InChI=1S/C13H25N5O/c1-5-18(6-2)13(14)15-9-7-8-11-16-12(10(3)4)17-19-11/h10H,5-9H2,1-4H3,(H2,14,15). The van der Waals surface area contributed by atoms with Gasteiger partial charge in [0, 0.05) is 32.0 Å². The Bertz CT molecular complexity index is 395. The van der Waals surface area contributed by atoms with E-state index in [1.165, 1.54) is 0 Å². The van der Waals surface area contributed by atoms with Gasteiger partial charge in [-0.05, 0) is 20.3 Å². The lowest BCUT2D eigenvalue weighted by Crippen LogP contribution is -2.37. The zero-order valence-electron chi connectivity index (χ0n) is 12.4. The Hall–Kier alpha value is -1.59. The fourth-order valence-corrected chi connectivity index (χ4v) is 1.68. The van der Waals surface area contributed by atoms with Gasteiger partial charge in [0.25, 0.3) is 0 Å². The molecule has 0 aromatic carbocycles. The Morgan fingerprint density at radius 3 is 2.58 bits per heavy atom. The van der Waals surface area contributed by atoms with Crippen molar-refractivity contribution in [1.29, 1.82) is 0 Å². The summed E-state index contributed by atoms with van der Waals surface area (Å²) in [5.41, 5.74) is 5.89. The van der Waals surface area contributed by atoms with Gasteiger partial charge in [0.05, 0.1) is 0 Å². The number of aryl methyl sites for hydroxylation is 1. The molecule has 0 fully saturated rings. The highest BCUT2D eigenvalue weighted by molar-refractivity contribution is 5.77. The van der Waals surface area contributed by atoms with Crippen LogP contribution in [0.5, 0.6) is 0 Å². The first-order chi connectivity index (χ1) is 9.08. The van der Waals surface area contributed by atoms with Crippen molar-refractivity contribution in [3.05, 3.63) is 11.7 Å². The van der Waals surface area contributed by atoms with Gasteiger partial charge in [0.15, 0.2) is 11.8 Å². The fraction of sp³-hybridized carbons (Fsp3) is 0.769. The first-order valence-electron chi connectivity index (χ1n) is 6.95. The number of rotatable bonds is 7. The van der Waals surface area contributed by atoms with Crippen molar-refractivity contribution >= 4 is 5.96 Å². The maximum absolute atomic E-state index is 5.89. The molecule has 0 aliphatic heterocycles. The van der Waals surface area contributed by atoms with Gasteiger partial charge in [-0.2, -0.15) is 4.98 Å². The van der Waals surface area contributed by atoms with Gasteiger partial charge < -0.3 is 15.2 Å². The Morgan fingerprint density at radius 2 is 2.05 bits per heavy atom. The molecule has 0 aliphatic carbocycles. The molecule has 1 aromatic heterocycles. The highest BCUT2D eigenvalue weighted by Crippen LogP contribution is 2.10. The minimum Gasteiger partial charge on any atom is -0.370 e. The molecular formula is C13H25N5O. The van der Waals surface area contributed by atoms with Crippen LogP contribution in [0, 0.1) is 0 Å². The van der Waals surface area contributed by atoms with Gasteiger partial charge in [-0.15, -0.1) is 0 Å². The molecule has 1 heterocycles. The first-order valence-corrected chi connectivity index (χ1v) is 6.95. The van der Waals surface area contributed by atoms with Crippen LogP contribution in [0.3, 0.4) is 0 Å². The zero-order chi connectivity index (χ0) is 14.3. The predicted octanol–water partition coefficient (Wildman–Crippen LogP) is 1.78. The van der Waals surface area contributed by atoms with Crippen molar-refractivity contribution < 1.29 is 4.52 Å². The predicted molar refractivity (Wildman–Crippen MR) is 76.1 cm³/mol. The molecule has 0 amide bonds. The second kappa shape index (κ2) is 7.76. The third-order valence-electron chi connectivity index (χ3n) is 2.91. The van der Waals surface area contributed by atoms with Gasteiger partial charge in [0.2, 0.25) is 5.89 Å². The van der Waals surface area contributed by atoms with Gasteiger partial charge in [-0.25, -0.2) is 0 Å². The molecule has 0 spiro atoms. The lowest BCUT2D eigenvalue weighted by Gasteiger charge is -2.19. The molecule has 1 rings (SSSR count). The summed E-state index contributed by atoms with van der Waals surface area (Å²) in [5.74, 6) is 2.36. The van der Waals surface area contributed by atoms with Crippen LogP contribution in [0.4, 0.5) is 0 Å². The van der Waals surface area contributed by atoms with Crippen LogP contribution < -0.4 is 5.73 Å². The van der Waals surface area contributed by atoms with E-state index in [0.717, 1.165) is 31.8 Å². The SMILES string of the molecule is CCN(CC)C(N)=NCCCc1nc(C(C)C)no1. The fourth-order valence-electron chi connectivity index (χ4n) is 1.68. The number of guanidine groups is 1. The first kappa shape index (κ1) is 15.5. The molecule has 19 heavy (non-hydrogen) atoms. The second-order valence-corrected chi connectivity index (χ2v) is 4.72. The summed E-state index contributed by atoms with van der Waals surface area (Å²) in [7, 11) is 0. The summed E-state index contributed by atoms with van der Waals surface area (Å²) in [5, 5.41) is 3.93. The molecule has 0 atom stereocenters. The third-order valence-corrected chi connectivity index (χ3v) is 2.91. The Kier molecular flexibility index (Phi) is 6.32. The molecule has 0 bridgehead atoms. The highest BCUT2D eigenvalue weighted by atomic mass is 16.5. The zero-order valence-corrected chi connectivity index (χ0v) is 12.4. The van der Waals surface area contributed by atoms with Crippen molar-refractivity contribution in [3.8, 4) is 0 Å². The van der Waals surface area contributed by atoms with E-state index in [4.69, 9.17) is 10.3 Å². The lowest BCUT2D eigenvalue weighted by molar-refractivity contribution is 0.369. The van der Waals surface area contributed by atoms with Crippen molar-refractivity contribution in [2.75, 3.05) is 19.6 Å². The van der Waals surface area contributed by atoms with Crippen molar-refractivity contribution in [2.45, 2.75) is 46.5 Å². The topological polar surface area (TPSA) is 80.5 Å². The summed E-state index contributed by atoms with van der Waals surface area (Å²) in [6, 6.07) is 0. The second-order valence-electron chi connectivity index (χ2n) is 4.72. The van der Waals surface area contributed by atoms with Crippen LogP contribution in [0.15, 0.2) is 9.52 Å². The molecule has 1 aromatic rings. The van der Waals surface area contributed by atoms with E-state index in [2.05, 4.69) is 29.0 Å². The van der Waals surface area contributed by atoms with Crippen molar-refractivity contribution in [2.24, 2.45) is 10.7 Å². The average molecular weight is 267 g/mol. The van der Waals surface area contributed by atoms with Gasteiger partial charge in [-0.3, -0.25) is 4.99 Å². The number of aliphatic imine (C=N–C) groups is 1. The van der Waals surface area contributed by atoms with Crippen LogP contribution in [-0.4, -0.2) is 40.6 Å². The monoisotopic (exact) mass is 267 g/mol. The number of nitrogens with two attached hydrogens (primary N) is 1. The third kappa shape index (κ3) is 4.89. The lowest BCUT2D eigenvalue weighted by atomic mass is 10.2. The van der Waals surface area contributed by atoms with Crippen LogP contribution >= 0.6 is 0 Å². The van der Waals surface area contributed by atoms with Crippen molar-refractivity contribution in [1.82, 2.24) is 15.0 Å².